The Bertz CT molecular complexity index is 745. The van der Waals surface area contributed by atoms with Gasteiger partial charge in [0.05, 0.1) is 0 Å². The molecular weight excluding hydrogens is 288 g/mol. The fraction of sp³-hybridized carbons (Fsp3) is 0.300. The number of rotatable bonds is 6. The Morgan fingerprint density at radius 3 is 1.91 bits per heavy atom. The van der Waals surface area contributed by atoms with Crippen molar-refractivity contribution in [2.45, 2.75) is 40.5 Å². The SMILES string of the molecule is CCc1ccc(Oc2ccc(C(C)=O)c(C(C)=O)c2)cc1CC. The minimum Gasteiger partial charge on any atom is -0.457 e. The van der Waals surface area contributed by atoms with E-state index in [0.717, 1.165) is 18.6 Å². The maximum absolute atomic E-state index is 11.8. The molecule has 0 aromatic heterocycles. The predicted molar refractivity (Wildman–Crippen MR) is 91.7 cm³/mol. The molecular formula is C20H22O3. The van der Waals surface area contributed by atoms with E-state index in [0.29, 0.717) is 16.9 Å². The molecule has 0 bridgehead atoms. The van der Waals surface area contributed by atoms with E-state index in [-0.39, 0.29) is 11.6 Å². The molecule has 0 saturated carbocycles. The van der Waals surface area contributed by atoms with E-state index in [4.69, 9.17) is 4.74 Å². The third-order valence-corrected chi connectivity index (χ3v) is 3.92. The first kappa shape index (κ1) is 16.9. The highest BCUT2D eigenvalue weighted by Crippen LogP contribution is 2.27. The first-order valence-electron chi connectivity index (χ1n) is 7.91. The van der Waals surface area contributed by atoms with E-state index in [1.807, 2.05) is 12.1 Å². The van der Waals surface area contributed by atoms with Gasteiger partial charge in [-0.05, 0) is 68.1 Å². The molecule has 0 aliphatic carbocycles. The Kier molecular flexibility index (Phi) is 5.32. The zero-order valence-electron chi connectivity index (χ0n) is 14.1. The smallest absolute Gasteiger partial charge is 0.160 e. The number of carbonyl (C=O) groups is 2. The number of hydrogen-bond donors (Lipinski definition) is 0. The molecule has 2 rings (SSSR count). The molecule has 0 atom stereocenters. The molecule has 0 amide bonds. The van der Waals surface area contributed by atoms with E-state index in [1.54, 1.807) is 18.2 Å². The largest absolute Gasteiger partial charge is 0.457 e. The fourth-order valence-electron chi connectivity index (χ4n) is 2.66. The lowest BCUT2D eigenvalue weighted by Gasteiger charge is -2.12. The van der Waals surface area contributed by atoms with Crippen LogP contribution in [-0.2, 0) is 12.8 Å². The Hall–Kier alpha value is -2.42. The van der Waals surface area contributed by atoms with Gasteiger partial charge in [-0.15, -0.1) is 0 Å². The van der Waals surface area contributed by atoms with E-state index in [1.165, 1.54) is 25.0 Å². The van der Waals surface area contributed by atoms with Crippen LogP contribution in [0.3, 0.4) is 0 Å². The highest BCUT2D eigenvalue weighted by molar-refractivity contribution is 6.07. The van der Waals surface area contributed by atoms with Crippen molar-refractivity contribution in [3.8, 4) is 11.5 Å². The van der Waals surface area contributed by atoms with E-state index in [9.17, 15) is 9.59 Å². The lowest BCUT2D eigenvalue weighted by molar-refractivity contribution is 0.0980. The van der Waals surface area contributed by atoms with Crippen LogP contribution in [0.5, 0.6) is 11.5 Å². The second-order valence-electron chi connectivity index (χ2n) is 5.56. The Morgan fingerprint density at radius 1 is 0.783 bits per heavy atom. The third kappa shape index (κ3) is 3.86. The predicted octanol–water partition coefficient (Wildman–Crippen LogP) is 5.01. The molecule has 23 heavy (non-hydrogen) atoms. The number of ether oxygens (including phenoxy) is 1. The van der Waals surface area contributed by atoms with Crippen LogP contribution in [0.2, 0.25) is 0 Å². The van der Waals surface area contributed by atoms with E-state index >= 15 is 0 Å². The van der Waals surface area contributed by atoms with Gasteiger partial charge in [0.1, 0.15) is 11.5 Å². The van der Waals surface area contributed by atoms with Gasteiger partial charge in [-0.25, -0.2) is 0 Å². The average Bonchev–Trinajstić information content (AvgIpc) is 2.54. The van der Waals surface area contributed by atoms with Gasteiger partial charge >= 0.3 is 0 Å². The van der Waals surface area contributed by atoms with Gasteiger partial charge < -0.3 is 4.74 Å². The van der Waals surface area contributed by atoms with E-state index in [2.05, 4.69) is 19.9 Å². The Balaban J connectivity index is 2.35. The number of ketones is 2. The van der Waals surface area contributed by atoms with Gasteiger partial charge in [-0.1, -0.05) is 19.9 Å². The molecule has 0 spiro atoms. The van der Waals surface area contributed by atoms with Crippen molar-refractivity contribution >= 4 is 11.6 Å². The van der Waals surface area contributed by atoms with Crippen LogP contribution >= 0.6 is 0 Å². The van der Waals surface area contributed by atoms with Gasteiger partial charge in [0.25, 0.3) is 0 Å². The van der Waals surface area contributed by atoms with Gasteiger partial charge in [-0.2, -0.15) is 0 Å². The summed E-state index contributed by atoms with van der Waals surface area (Å²) >= 11 is 0. The van der Waals surface area contributed by atoms with Crippen molar-refractivity contribution in [2.24, 2.45) is 0 Å². The normalized spacial score (nSPS) is 10.4. The number of hydrogen-bond acceptors (Lipinski definition) is 3. The van der Waals surface area contributed by atoms with Crippen LogP contribution in [0.15, 0.2) is 36.4 Å². The van der Waals surface area contributed by atoms with Crippen molar-refractivity contribution in [3.05, 3.63) is 58.7 Å². The van der Waals surface area contributed by atoms with Gasteiger partial charge in [0.15, 0.2) is 11.6 Å². The molecule has 120 valence electrons. The van der Waals surface area contributed by atoms with Crippen molar-refractivity contribution in [1.82, 2.24) is 0 Å². The minimum absolute atomic E-state index is 0.123. The molecule has 0 aliphatic heterocycles. The molecule has 0 unspecified atom stereocenters. The quantitative estimate of drug-likeness (QED) is 0.704. The van der Waals surface area contributed by atoms with Crippen molar-refractivity contribution in [2.75, 3.05) is 0 Å². The number of benzene rings is 2. The van der Waals surface area contributed by atoms with Crippen LogP contribution in [0.4, 0.5) is 0 Å². The molecule has 0 heterocycles. The second kappa shape index (κ2) is 7.23. The standard InChI is InChI=1S/C20H22O3/c1-5-15-7-8-17(11-16(15)6-2)23-18-9-10-19(13(3)21)20(12-18)14(4)22/h7-12H,5-6H2,1-4H3. The van der Waals surface area contributed by atoms with Crippen molar-refractivity contribution < 1.29 is 14.3 Å². The van der Waals surface area contributed by atoms with Crippen LogP contribution in [0.1, 0.15) is 59.5 Å². The summed E-state index contributed by atoms with van der Waals surface area (Å²) in [4.78, 5) is 23.4. The molecule has 2 aromatic rings. The topological polar surface area (TPSA) is 43.4 Å². The monoisotopic (exact) mass is 310 g/mol. The first-order chi connectivity index (χ1) is 11.0. The zero-order chi connectivity index (χ0) is 17.0. The molecule has 0 radical (unpaired) electrons. The van der Waals surface area contributed by atoms with Crippen LogP contribution in [-0.4, -0.2) is 11.6 Å². The maximum Gasteiger partial charge on any atom is 0.160 e. The number of Topliss-reactive ketones (excluding diaryl/α,β-unsaturated/α-hetero) is 2. The highest BCUT2D eigenvalue weighted by atomic mass is 16.5. The van der Waals surface area contributed by atoms with Crippen molar-refractivity contribution in [3.63, 3.8) is 0 Å². The Labute approximate surface area is 137 Å². The van der Waals surface area contributed by atoms with Crippen LogP contribution in [0, 0.1) is 0 Å². The summed E-state index contributed by atoms with van der Waals surface area (Å²) in [6, 6.07) is 11.1. The molecule has 2 aromatic carbocycles. The first-order valence-corrected chi connectivity index (χ1v) is 7.91. The van der Waals surface area contributed by atoms with Gasteiger partial charge in [-0.3, -0.25) is 9.59 Å². The lowest BCUT2D eigenvalue weighted by atomic mass is 10.0. The molecule has 3 nitrogen and oxygen atoms in total. The second-order valence-corrected chi connectivity index (χ2v) is 5.56. The maximum atomic E-state index is 11.8. The van der Waals surface area contributed by atoms with Gasteiger partial charge in [0.2, 0.25) is 0 Å². The number of carbonyl (C=O) groups excluding carboxylic acids is 2. The molecule has 3 heteroatoms. The summed E-state index contributed by atoms with van der Waals surface area (Å²) in [6.45, 7) is 7.17. The zero-order valence-corrected chi connectivity index (χ0v) is 14.1. The molecule has 0 fully saturated rings. The van der Waals surface area contributed by atoms with Crippen LogP contribution in [0.25, 0.3) is 0 Å². The average molecular weight is 310 g/mol. The summed E-state index contributed by atoms with van der Waals surface area (Å²) in [6.07, 6.45) is 1.94. The summed E-state index contributed by atoms with van der Waals surface area (Å²) in [7, 11) is 0. The fourth-order valence-corrected chi connectivity index (χ4v) is 2.66. The molecule has 0 aliphatic rings. The van der Waals surface area contributed by atoms with Gasteiger partial charge in [0, 0.05) is 11.1 Å². The third-order valence-electron chi connectivity index (χ3n) is 3.92. The van der Waals surface area contributed by atoms with E-state index < -0.39 is 0 Å². The van der Waals surface area contributed by atoms with Crippen molar-refractivity contribution in [1.29, 1.82) is 0 Å². The lowest BCUT2D eigenvalue weighted by Crippen LogP contribution is -2.04. The summed E-state index contributed by atoms with van der Waals surface area (Å²) in [5.41, 5.74) is 3.41. The summed E-state index contributed by atoms with van der Waals surface area (Å²) < 4.78 is 5.88. The number of aryl methyl sites for hydroxylation is 2. The molecule has 0 saturated heterocycles. The molecule has 0 N–H and O–H groups in total. The Morgan fingerprint density at radius 2 is 1.35 bits per heavy atom. The minimum atomic E-state index is -0.142. The van der Waals surface area contributed by atoms with Crippen LogP contribution < -0.4 is 4.74 Å². The summed E-state index contributed by atoms with van der Waals surface area (Å²) in [5.74, 6) is 1.04. The summed E-state index contributed by atoms with van der Waals surface area (Å²) in [5, 5.41) is 0. The highest BCUT2D eigenvalue weighted by Gasteiger charge is 2.13.